The molecule has 0 aliphatic carbocycles. The number of nitrogens with zero attached hydrogens (tertiary/aromatic N) is 3. The highest BCUT2D eigenvalue weighted by atomic mass is 32.1. The number of carbonyl (C=O) groups excluding carboxylic acids is 1. The molecule has 2 aliphatic rings. The molecule has 9 nitrogen and oxygen atoms in total. The first kappa shape index (κ1) is 15.8. The van der Waals surface area contributed by atoms with Crippen molar-refractivity contribution in [1.29, 1.82) is 0 Å². The fourth-order valence-corrected chi connectivity index (χ4v) is 4.15. The average molecular weight is 340 g/mol. The molecule has 0 saturated carbocycles. The maximum Gasteiger partial charge on any atom is 0.317 e. The molecule has 23 heavy (non-hydrogen) atoms. The van der Waals surface area contributed by atoms with Gasteiger partial charge in [-0.05, 0) is 17.9 Å². The van der Waals surface area contributed by atoms with E-state index in [-0.39, 0.29) is 26.1 Å². The molecule has 1 N–H and O–H groups in total. The molecule has 0 aromatic carbocycles. The van der Waals surface area contributed by atoms with Crippen LogP contribution in [0.5, 0.6) is 0 Å². The minimum atomic E-state index is -1.93. The van der Waals surface area contributed by atoms with Gasteiger partial charge in [0.1, 0.15) is 6.42 Å². The Morgan fingerprint density at radius 3 is 2.70 bits per heavy atom. The van der Waals surface area contributed by atoms with E-state index in [4.69, 9.17) is 0 Å². The molecule has 3 rings (SSSR count). The van der Waals surface area contributed by atoms with Gasteiger partial charge in [-0.3, -0.25) is 29.9 Å². The lowest BCUT2D eigenvalue weighted by molar-refractivity contribution is -0.618. The number of hydrogen-bond donors (Lipinski definition) is 1. The fourth-order valence-electron chi connectivity index (χ4n) is 3.45. The van der Waals surface area contributed by atoms with Crippen molar-refractivity contribution in [2.75, 3.05) is 26.2 Å². The van der Waals surface area contributed by atoms with Crippen molar-refractivity contribution in [3.05, 3.63) is 42.6 Å². The normalized spacial score (nSPS) is 30.7. The van der Waals surface area contributed by atoms with E-state index >= 15 is 0 Å². The Bertz CT molecular complexity index is 651. The summed E-state index contributed by atoms with van der Waals surface area (Å²) < 4.78 is 0. The van der Waals surface area contributed by atoms with Gasteiger partial charge in [0.15, 0.2) is 0 Å². The first-order chi connectivity index (χ1) is 10.9. The molecule has 2 fully saturated rings. The Labute approximate surface area is 135 Å². The number of rotatable bonds is 5. The highest BCUT2D eigenvalue weighted by molar-refractivity contribution is 7.09. The third-order valence-corrected chi connectivity index (χ3v) is 5.55. The number of piperidine rings is 2. The van der Waals surface area contributed by atoms with Gasteiger partial charge in [-0.1, -0.05) is 6.07 Å². The minimum absolute atomic E-state index is 0.0905. The lowest BCUT2D eigenvalue weighted by Crippen LogP contribution is -2.76. The van der Waals surface area contributed by atoms with Gasteiger partial charge in [0, 0.05) is 21.3 Å². The number of carbonyl (C=O) groups is 1. The number of amides is 1. The molecular weight excluding hydrogens is 324 g/mol. The van der Waals surface area contributed by atoms with Crippen molar-refractivity contribution < 1.29 is 14.6 Å². The van der Waals surface area contributed by atoms with Crippen LogP contribution in [0.15, 0.2) is 17.5 Å². The van der Waals surface area contributed by atoms with Crippen molar-refractivity contribution in [2.45, 2.75) is 23.9 Å². The first-order valence-corrected chi connectivity index (χ1v) is 8.08. The van der Waals surface area contributed by atoms with Gasteiger partial charge in [-0.25, -0.2) is 0 Å². The van der Waals surface area contributed by atoms with Crippen LogP contribution in [0, 0.1) is 20.2 Å². The van der Waals surface area contributed by atoms with E-state index in [1.54, 1.807) is 16.2 Å². The molecule has 1 amide bonds. The van der Waals surface area contributed by atoms with Gasteiger partial charge in [-0.15, -0.1) is 11.3 Å². The van der Waals surface area contributed by atoms with Crippen LogP contribution in [0.25, 0.3) is 0 Å². The number of thiophene rings is 1. The van der Waals surface area contributed by atoms with Crippen molar-refractivity contribution in [1.82, 2.24) is 10.2 Å². The zero-order valence-electron chi connectivity index (χ0n) is 12.3. The van der Waals surface area contributed by atoms with Gasteiger partial charge >= 0.3 is 5.54 Å². The second kappa shape index (κ2) is 5.53. The Kier molecular flexibility index (Phi) is 3.80. The monoisotopic (exact) mass is 340 g/mol. The van der Waals surface area contributed by atoms with Crippen LogP contribution in [-0.2, 0) is 11.2 Å². The van der Waals surface area contributed by atoms with E-state index in [1.165, 1.54) is 0 Å². The summed E-state index contributed by atoms with van der Waals surface area (Å²) in [4.78, 5) is 36.9. The molecule has 124 valence electrons. The summed E-state index contributed by atoms with van der Waals surface area (Å²) in [5.41, 5.74) is -3.42. The summed E-state index contributed by atoms with van der Waals surface area (Å²) in [5.74, 6) is -0.721. The highest BCUT2D eigenvalue weighted by Crippen LogP contribution is 2.36. The van der Waals surface area contributed by atoms with Crippen molar-refractivity contribution in [3.63, 3.8) is 0 Å². The van der Waals surface area contributed by atoms with Crippen LogP contribution >= 0.6 is 11.3 Å². The molecule has 0 spiro atoms. The number of nitro groups is 2. The van der Waals surface area contributed by atoms with E-state index in [0.717, 1.165) is 4.88 Å². The largest absolute Gasteiger partial charge is 0.343 e. The Morgan fingerprint density at radius 1 is 1.30 bits per heavy atom. The summed E-state index contributed by atoms with van der Waals surface area (Å²) in [6.45, 7) is 0.316. The Hall–Kier alpha value is -2.07. The van der Waals surface area contributed by atoms with Crippen molar-refractivity contribution >= 4 is 17.2 Å². The highest BCUT2D eigenvalue weighted by Gasteiger charge is 2.69. The molecular formula is C13H16N4O5S. The summed E-state index contributed by atoms with van der Waals surface area (Å²) in [5, 5.41) is 27.4. The van der Waals surface area contributed by atoms with E-state index in [2.05, 4.69) is 5.32 Å². The number of fused-ring (bicyclic) bond motifs is 2. The van der Waals surface area contributed by atoms with Crippen LogP contribution < -0.4 is 5.32 Å². The quantitative estimate of drug-likeness (QED) is 0.602. The zero-order valence-corrected chi connectivity index (χ0v) is 13.1. The van der Waals surface area contributed by atoms with Gasteiger partial charge in [-0.2, -0.15) is 0 Å². The molecule has 1 aromatic rings. The lowest BCUT2D eigenvalue weighted by Gasteiger charge is -2.45. The van der Waals surface area contributed by atoms with Gasteiger partial charge in [0.25, 0.3) is 11.4 Å². The number of hydrogen-bond acceptors (Lipinski definition) is 7. The minimum Gasteiger partial charge on any atom is -0.343 e. The van der Waals surface area contributed by atoms with E-state index in [9.17, 15) is 25.0 Å². The van der Waals surface area contributed by atoms with Crippen LogP contribution in [-0.4, -0.2) is 57.9 Å². The third-order valence-electron chi connectivity index (χ3n) is 4.62. The van der Waals surface area contributed by atoms with Gasteiger partial charge in [0.2, 0.25) is 0 Å². The Morgan fingerprint density at radius 2 is 2.09 bits per heavy atom. The fraction of sp³-hybridized carbons (Fsp3) is 0.615. The summed E-state index contributed by atoms with van der Waals surface area (Å²) in [7, 11) is 0. The second-order valence-corrected chi connectivity index (χ2v) is 7.20. The van der Waals surface area contributed by atoms with Gasteiger partial charge < -0.3 is 5.32 Å². The topological polar surface area (TPSA) is 119 Å². The molecule has 0 radical (unpaired) electrons. The molecule has 2 aliphatic heterocycles. The maximum absolute atomic E-state index is 12.1. The summed E-state index contributed by atoms with van der Waals surface area (Å²) in [6.07, 6.45) is 0.308. The van der Waals surface area contributed by atoms with Crippen LogP contribution in [0.4, 0.5) is 0 Å². The maximum atomic E-state index is 12.1. The predicted octanol–water partition coefficient (Wildman–Crippen LogP) is 0.157. The Balaban J connectivity index is 1.86. The summed E-state index contributed by atoms with van der Waals surface area (Å²) in [6, 6.07) is 3.87. The number of likely N-dealkylation sites (tertiary alicyclic amines) is 1. The summed E-state index contributed by atoms with van der Waals surface area (Å²) >= 11 is 1.57. The molecule has 2 bridgehead atoms. The molecule has 3 heterocycles. The van der Waals surface area contributed by atoms with Crippen molar-refractivity contribution in [2.24, 2.45) is 0 Å². The van der Waals surface area contributed by atoms with Gasteiger partial charge in [0.05, 0.1) is 19.6 Å². The zero-order chi connectivity index (χ0) is 16.7. The molecule has 2 atom stereocenters. The SMILES string of the molecule is O=C1NCC2([N+](=O)[O-])CN(CCc3cccs3)CC1([N+](=O)[O-])C2. The second-order valence-electron chi connectivity index (χ2n) is 6.17. The molecule has 2 unspecified atom stereocenters. The molecule has 1 aromatic heterocycles. The lowest BCUT2D eigenvalue weighted by atomic mass is 9.74. The third kappa shape index (κ3) is 2.57. The van der Waals surface area contributed by atoms with Crippen molar-refractivity contribution in [3.8, 4) is 0 Å². The number of nitrogens with one attached hydrogen (secondary N) is 1. The van der Waals surface area contributed by atoms with Crippen LogP contribution in [0.1, 0.15) is 11.3 Å². The smallest absolute Gasteiger partial charge is 0.317 e. The molecule has 2 saturated heterocycles. The van der Waals surface area contributed by atoms with E-state index < -0.39 is 26.8 Å². The van der Waals surface area contributed by atoms with E-state index in [0.29, 0.717) is 13.0 Å². The van der Waals surface area contributed by atoms with Crippen LogP contribution in [0.2, 0.25) is 0 Å². The first-order valence-electron chi connectivity index (χ1n) is 7.20. The standard InChI is InChI=1S/C13H16N4O5S/c18-11-13(17(21)22)6-12(7-14-11,16(19)20)8-15(9-13)4-3-10-2-1-5-23-10/h1-2,5H,3-4,6-9H2,(H,14,18). The van der Waals surface area contributed by atoms with Crippen LogP contribution in [0.3, 0.4) is 0 Å². The predicted molar refractivity (Wildman–Crippen MR) is 81.5 cm³/mol. The molecule has 10 heteroatoms. The van der Waals surface area contributed by atoms with E-state index in [1.807, 2.05) is 17.5 Å². The average Bonchev–Trinajstić information content (AvgIpc) is 3.02.